The fourth-order valence-corrected chi connectivity index (χ4v) is 9.05. The fraction of sp³-hybridized carbons (Fsp3) is 0.605. The lowest BCUT2D eigenvalue weighted by Gasteiger charge is -2.32. The minimum atomic E-state index is -1.11. The first-order chi connectivity index (χ1) is 27.3. The number of morpholine rings is 1. The van der Waals surface area contributed by atoms with Gasteiger partial charge >= 0.3 is 0 Å². The zero-order valence-electron chi connectivity index (χ0n) is 32.7. The second-order valence-electron chi connectivity index (χ2n) is 15.9. The molecular weight excluding hydrogens is 729 g/mol. The molecule has 3 heterocycles. The Labute approximate surface area is 335 Å². The van der Waals surface area contributed by atoms with E-state index in [1.54, 1.807) is 5.51 Å². The van der Waals surface area contributed by atoms with Crippen LogP contribution in [0.2, 0.25) is 0 Å². The lowest BCUT2D eigenvalue weighted by Crippen LogP contribution is -2.55. The van der Waals surface area contributed by atoms with Crippen molar-refractivity contribution in [3.8, 4) is 0 Å². The number of hydrogen-bond acceptors (Lipinski definition) is 9. The fourth-order valence-electron chi connectivity index (χ4n) is 8.48. The Morgan fingerprint density at radius 3 is 2.38 bits per heavy atom. The highest BCUT2D eigenvalue weighted by molar-refractivity contribution is 7.07. The molecule has 0 spiro atoms. The normalized spacial score (nSPS) is 19.1. The Bertz CT molecular complexity index is 1700. The Hall–Kier alpha value is -3.91. The summed E-state index contributed by atoms with van der Waals surface area (Å²) in [4.78, 5) is 64.1. The van der Waals surface area contributed by atoms with Crippen LogP contribution in [0.5, 0.6) is 0 Å². The number of nitrogens with one attached hydrogen (secondary N) is 3. The van der Waals surface area contributed by atoms with Crippen molar-refractivity contribution in [3.63, 3.8) is 0 Å². The number of rotatable bonds is 18. The Morgan fingerprint density at radius 1 is 0.857 bits per heavy atom. The molecule has 1 aliphatic carbocycles. The number of carbonyl (C=O) groups excluding carboxylic acids is 4. The Balaban J connectivity index is 1.17. The predicted octanol–water partition coefficient (Wildman–Crippen LogP) is 4.24. The minimum Gasteiger partial charge on any atom is -0.390 e. The van der Waals surface area contributed by atoms with Gasteiger partial charge in [-0.1, -0.05) is 74.6 Å². The third-order valence-electron chi connectivity index (χ3n) is 11.7. The van der Waals surface area contributed by atoms with E-state index in [4.69, 9.17) is 4.74 Å². The highest BCUT2D eigenvalue weighted by Gasteiger charge is 2.34. The molecule has 2 saturated heterocycles. The van der Waals surface area contributed by atoms with Gasteiger partial charge in [-0.05, 0) is 54.4 Å². The molecule has 0 bridgehead atoms. The Kier molecular flexibility index (Phi) is 16.1. The number of fused-ring (bicyclic) bond motifs is 1. The van der Waals surface area contributed by atoms with Crippen molar-refractivity contribution in [1.29, 1.82) is 0 Å². The summed E-state index contributed by atoms with van der Waals surface area (Å²) < 4.78 is 5.42. The van der Waals surface area contributed by atoms with Crippen molar-refractivity contribution >= 4 is 45.7 Å². The standard InChI is InChI=1S/C43H60N6O6S/c50-39(28-40(51)44-16-19-48-20-22-55-23-21-48)37(24-31-10-3-1-4-11-31)46-43(54)38(27-35-29-56-30-45-35)47-42(53)34(26-41(52)49-17-7-2-8-18-49)25-33-14-9-13-32-12-5-6-15-36(32)33/h5-6,9,12-15,29-31,34,37-39,50H,1-4,7-8,10-11,16-28H2,(H,44,51)(H,46,54)(H,47,53)/t34-,37+,38?,39+/m1/s1. The Morgan fingerprint density at radius 2 is 1.61 bits per heavy atom. The van der Waals surface area contributed by atoms with Crippen LogP contribution in [0.15, 0.2) is 53.4 Å². The van der Waals surface area contributed by atoms with Crippen molar-refractivity contribution in [2.75, 3.05) is 52.5 Å². The van der Waals surface area contributed by atoms with Gasteiger partial charge in [0.25, 0.3) is 0 Å². The van der Waals surface area contributed by atoms with E-state index in [1.807, 2.05) is 52.7 Å². The molecule has 3 aliphatic rings. The van der Waals surface area contributed by atoms with E-state index in [0.29, 0.717) is 63.8 Å². The van der Waals surface area contributed by atoms with Gasteiger partial charge in [0.15, 0.2) is 0 Å². The van der Waals surface area contributed by atoms with Crippen LogP contribution in [0, 0.1) is 11.8 Å². The van der Waals surface area contributed by atoms with Crippen molar-refractivity contribution in [1.82, 2.24) is 30.7 Å². The van der Waals surface area contributed by atoms with E-state index in [2.05, 4.69) is 25.8 Å². The quantitative estimate of drug-likeness (QED) is 0.150. The summed E-state index contributed by atoms with van der Waals surface area (Å²) >= 11 is 1.41. The number of amides is 4. The first-order valence-electron chi connectivity index (χ1n) is 20.8. The lowest BCUT2D eigenvalue weighted by atomic mass is 9.83. The number of ether oxygens (including phenoxy) is 1. The summed E-state index contributed by atoms with van der Waals surface area (Å²) in [5.41, 5.74) is 3.32. The number of benzene rings is 2. The maximum Gasteiger partial charge on any atom is 0.243 e. The molecule has 2 aromatic carbocycles. The minimum absolute atomic E-state index is 0.0315. The largest absolute Gasteiger partial charge is 0.390 e. The molecule has 1 unspecified atom stereocenters. The number of aromatic nitrogens is 1. The van der Waals surface area contributed by atoms with Gasteiger partial charge in [0, 0.05) is 57.5 Å². The van der Waals surface area contributed by atoms with Crippen LogP contribution in [0.25, 0.3) is 10.8 Å². The number of aliphatic hydroxyl groups is 1. The molecule has 12 nitrogen and oxygen atoms in total. The maximum atomic E-state index is 14.4. The third-order valence-corrected chi connectivity index (χ3v) is 12.4. The van der Waals surface area contributed by atoms with Crippen LogP contribution in [-0.2, 0) is 36.8 Å². The van der Waals surface area contributed by atoms with E-state index in [0.717, 1.165) is 74.4 Å². The zero-order chi connectivity index (χ0) is 39.1. The summed E-state index contributed by atoms with van der Waals surface area (Å²) in [6, 6.07) is 12.3. The topological polar surface area (TPSA) is 153 Å². The number of thiazole rings is 1. The summed E-state index contributed by atoms with van der Waals surface area (Å²) in [6.45, 7) is 5.56. The average molecular weight is 789 g/mol. The molecule has 4 N–H and O–H groups in total. The highest BCUT2D eigenvalue weighted by atomic mass is 32.1. The first-order valence-corrected chi connectivity index (χ1v) is 21.7. The van der Waals surface area contributed by atoms with Gasteiger partial charge in [-0.2, -0.15) is 0 Å². The number of carbonyl (C=O) groups is 4. The number of aliphatic hydroxyl groups excluding tert-OH is 1. The summed E-state index contributed by atoms with van der Waals surface area (Å²) in [6.07, 6.45) is 8.17. The van der Waals surface area contributed by atoms with Crippen LogP contribution in [0.4, 0.5) is 0 Å². The average Bonchev–Trinajstić information content (AvgIpc) is 3.74. The molecular formula is C43H60N6O6S. The molecule has 4 atom stereocenters. The van der Waals surface area contributed by atoms with Crippen LogP contribution in [-0.4, -0.2) is 114 Å². The van der Waals surface area contributed by atoms with Gasteiger partial charge in [-0.15, -0.1) is 11.3 Å². The predicted molar refractivity (Wildman–Crippen MR) is 218 cm³/mol. The van der Waals surface area contributed by atoms with Gasteiger partial charge < -0.3 is 30.7 Å². The van der Waals surface area contributed by atoms with Crippen molar-refractivity contribution in [2.45, 2.75) is 102 Å². The van der Waals surface area contributed by atoms with Gasteiger partial charge in [0.2, 0.25) is 23.6 Å². The maximum absolute atomic E-state index is 14.4. The molecule has 1 aromatic heterocycles. The van der Waals surface area contributed by atoms with Crippen LogP contribution in [0.1, 0.15) is 81.9 Å². The molecule has 6 rings (SSSR count). The molecule has 1 saturated carbocycles. The number of piperidine rings is 1. The van der Waals surface area contributed by atoms with Crippen molar-refractivity contribution < 1.29 is 29.0 Å². The van der Waals surface area contributed by atoms with E-state index >= 15 is 0 Å². The SMILES string of the molecule is O=C(C[C@H](O)[C@H](CC1CCCCC1)NC(=O)C(Cc1cscn1)NC(=O)[C@@H](CC(=O)N1CCCCC1)Cc1cccc2ccccc12)NCCN1CCOCC1. The van der Waals surface area contributed by atoms with E-state index in [9.17, 15) is 24.3 Å². The molecule has 4 amide bonds. The summed E-state index contributed by atoms with van der Waals surface area (Å²) in [5.74, 6) is -1.54. The van der Waals surface area contributed by atoms with E-state index < -0.39 is 30.0 Å². The first kappa shape index (κ1) is 41.7. The molecule has 3 fully saturated rings. The van der Waals surface area contributed by atoms with E-state index in [-0.39, 0.29) is 37.0 Å². The lowest BCUT2D eigenvalue weighted by molar-refractivity contribution is -0.138. The molecule has 56 heavy (non-hydrogen) atoms. The second kappa shape index (κ2) is 21.6. The monoisotopic (exact) mass is 788 g/mol. The summed E-state index contributed by atoms with van der Waals surface area (Å²) in [7, 11) is 0. The van der Waals surface area contributed by atoms with Gasteiger partial charge in [0.05, 0.1) is 48.9 Å². The van der Waals surface area contributed by atoms with Crippen LogP contribution >= 0.6 is 11.3 Å². The number of hydrogen-bond donors (Lipinski definition) is 4. The molecule has 2 aliphatic heterocycles. The van der Waals surface area contributed by atoms with Gasteiger partial charge in [-0.3, -0.25) is 24.1 Å². The van der Waals surface area contributed by atoms with Crippen molar-refractivity contribution in [3.05, 3.63) is 64.6 Å². The molecule has 0 radical (unpaired) electrons. The third kappa shape index (κ3) is 12.5. The molecule has 3 aromatic rings. The number of nitrogens with zero attached hydrogens (tertiary/aromatic N) is 3. The second-order valence-corrected chi connectivity index (χ2v) is 16.6. The summed E-state index contributed by atoms with van der Waals surface area (Å²) in [5, 5.41) is 24.6. The zero-order valence-corrected chi connectivity index (χ0v) is 33.5. The molecule has 304 valence electrons. The highest BCUT2D eigenvalue weighted by Crippen LogP contribution is 2.29. The van der Waals surface area contributed by atoms with Crippen molar-refractivity contribution in [2.24, 2.45) is 11.8 Å². The van der Waals surface area contributed by atoms with Gasteiger partial charge in [0.1, 0.15) is 6.04 Å². The molecule has 13 heteroatoms. The smallest absolute Gasteiger partial charge is 0.243 e. The van der Waals surface area contributed by atoms with Crippen LogP contribution < -0.4 is 16.0 Å². The van der Waals surface area contributed by atoms with Crippen LogP contribution in [0.3, 0.4) is 0 Å². The number of likely N-dealkylation sites (tertiary alicyclic amines) is 1. The van der Waals surface area contributed by atoms with Gasteiger partial charge in [-0.25, -0.2) is 4.98 Å². The van der Waals surface area contributed by atoms with E-state index in [1.165, 1.54) is 17.8 Å².